The zero-order chi connectivity index (χ0) is 42.4. The number of carbonyl (C=O) groups is 3. The number of hydrogen-bond donors (Lipinski definition) is 0. The van der Waals surface area contributed by atoms with Crippen molar-refractivity contribution in [2.45, 2.75) is 297 Å². The first-order chi connectivity index (χ1) is 28.4. The van der Waals surface area contributed by atoms with Crippen LogP contribution in [-0.2, 0) is 28.6 Å². The Hall–Kier alpha value is -1.59. The lowest BCUT2D eigenvalue weighted by molar-refractivity contribution is -0.167. The molecule has 0 saturated heterocycles. The zero-order valence-electron chi connectivity index (χ0n) is 39.5. The van der Waals surface area contributed by atoms with Gasteiger partial charge in [-0.3, -0.25) is 14.4 Å². The van der Waals surface area contributed by atoms with E-state index in [0.29, 0.717) is 19.3 Å². The van der Waals surface area contributed by atoms with Crippen LogP contribution in [0.2, 0.25) is 0 Å². The van der Waals surface area contributed by atoms with Crippen LogP contribution in [0.3, 0.4) is 0 Å². The summed E-state index contributed by atoms with van der Waals surface area (Å²) in [7, 11) is 0. The SMILES string of the molecule is CCCCCCCCCCCCCCCCCCCCCC(=O)OC[C@H](COC(=O)CCCCCCCCCCC(C)C)OC(=O)CCCCCCCCCCCC. The molecule has 0 aliphatic rings. The molecule has 6 heteroatoms. The fraction of sp³-hybridized carbons (Fsp3) is 0.942. The van der Waals surface area contributed by atoms with Gasteiger partial charge in [0, 0.05) is 19.3 Å². The van der Waals surface area contributed by atoms with Crippen LogP contribution < -0.4 is 0 Å². The maximum atomic E-state index is 12.7. The molecule has 0 rings (SSSR count). The fourth-order valence-corrected chi connectivity index (χ4v) is 7.86. The fourth-order valence-electron chi connectivity index (χ4n) is 7.86. The van der Waals surface area contributed by atoms with Crippen molar-refractivity contribution < 1.29 is 28.6 Å². The maximum Gasteiger partial charge on any atom is 0.306 e. The highest BCUT2D eigenvalue weighted by molar-refractivity contribution is 5.71. The molecule has 1 atom stereocenters. The van der Waals surface area contributed by atoms with Crippen LogP contribution in [0, 0.1) is 5.92 Å². The van der Waals surface area contributed by atoms with Crippen molar-refractivity contribution in [3.63, 3.8) is 0 Å². The van der Waals surface area contributed by atoms with Crippen LogP contribution in [0.5, 0.6) is 0 Å². The van der Waals surface area contributed by atoms with Crippen LogP contribution in [0.25, 0.3) is 0 Å². The molecule has 0 radical (unpaired) electrons. The largest absolute Gasteiger partial charge is 0.462 e. The first-order valence-corrected chi connectivity index (χ1v) is 25.9. The van der Waals surface area contributed by atoms with E-state index in [9.17, 15) is 14.4 Å². The van der Waals surface area contributed by atoms with Gasteiger partial charge in [0.1, 0.15) is 13.2 Å². The minimum Gasteiger partial charge on any atom is -0.462 e. The number of rotatable bonds is 47. The van der Waals surface area contributed by atoms with Crippen molar-refractivity contribution >= 4 is 17.9 Å². The van der Waals surface area contributed by atoms with Crippen molar-refractivity contribution in [3.05, 3.63) is 0 Å². The Balaban J connectivity index is 4.21. The first-order valence-electron chi connectivity index (χ1n) is 25.9. The normalized spacial score (nSPS) is 11.9. The van der Waals surface area contributed by atoms with Gasteiger partial charge in [-0.1, -0.05) is 252 Å². The predicted octanol–water partition coefficient (Wildman–Crippen LogP) is 16.7. The zero-order valence-corrected chi connectivity index (χ0v) is 39.5. The van der Waals surface area contributed by atoms with Gasteiger partial charge in [-0.15, -0.1) is 0 Å². The van der Waals surface area contributed by atoms with Gasteiger partial charge in [0.05, 0.1) is 0 Å². The van der Waals surface area contributed by atoms with E-state index in [4.69, 9.17) is 14.2 Å². The Morgan fingerprint density at radius 2 is 0.569 bits per heavy atom. The van der Waals surface area contributed by atoms with Crippen molar-refractivity contribution in [2.24, 2.45) is 5.92 Å². The van der Waals surface area contributed by atoms with E-state index in [1.54, 1.807) is 0 Å². The number of ether oxygens (including phenoxy) is 3. The monoisotopic (exact) mass is 821 g/mol. The summed E-state index contributed by atoms with van der Waals surface area (Å²) in [6, 6.07) is 0. The molecule has 0 N–H and O–H groups in total. The lowest BCUT2D eigenvalue weighted by Crippen LogP contribution is -2.30. The van der Waals surface area contributed by atoms with Gasteiger partial charge in [-0.05, 0) is 25.2 Å². The number of esters is 3. The summed E-state index contributed by atoms with van der Waals surface area (Å²) in [4.78, 5) is 37.8. The van der Waals surface area contributed by atoms with Crippen LogP contribution in [-0.4, -0.2) is 37.2 Å². The Morgan fingerprint density at radius 1 is 0.328 bits per heavy atom. The van der Waals surface area contributed by atoms with Crippen molar-refractivity contribution in [2.75, 3.05) is 13.2 Å². The molecule has 0 fully saturated rings. The van der Waals surface area contributed by atoms with E-state index in [0.717, 1.165) is 63.7 Å². The summed E-state index contributed by atoms with van der Waals surface area (Å²) >= 11 is 0. The molecule has 344 valence electrons. The quantitative estimate of drug-likeness (QED) is 0.0346. The summed E-state index contributed by atoms with van der Waals surface area (Å²) in [5.41, 5.74) is 0. The second-order valence-corrected chi connectivity index (χ2v) is 18.3. The molecule has 6 nitrogen and oxygen atoms in total. The van der Waals surface area contributed by atoms with Gasteiger partial charge in [-0.2, -0.15) is 0 Å². The van der Waals surface area contributed by atoms with E-state index in [1.165, 1.54) is 186 Å². The van der Waals surface area contributed by atoms with Crippen LogP contribution in [0.4, 0.5) is 0 Å². The van der Waals surface area contributed by atoms with Gasteiger partial charge < -0.3 is 14.2 Å². The molecular formula is C52H100O6. The Labute approximate surface area is 361 Å². The van der Waals surface area contributed by atoms with Gasteiger partial charge in [0.15, 0.2) is 6.10 Å². The summed E-state index contributed by atoms with van der Waals surface area (Å²) in [5.74, 6) is -0.0527. The predicted molar refractivity (Wildman–Crippen MR) is 247 cm³/mol. The topological polar surface area (TPSA) is 78.9 Å². The van der Waals surface area contributed by atoms with Crippen LogP contribution in [0.1, 0.15) is 291 Å². The second-order valence-electron chi connectivity index (χ2n) is 18.3. The van der Waals surface area contributed by atoms with E-state index in [2.05, 4.69) is 27.7 Å². The molecule has 0 bridgehead atoms. The van der Waals surface area contributed by atoms with Gasteiger partial charge >= 0.3 is 17.9 Å². The Morgan fingerprint density at radius 3 is 0.845 bits per heavy atom. The molecule has 0 amide bonds. The third-order valence-corrected chi connectivity index (χ3v) is 11.8. The molecule has 0 unspecified atom stereocenters. The molecule has 0 aromatic rings. The van der Waals surface area contributed by atoms with Crippen LogP contribution >= 0.6 is 0 Å². The molecular weight excluding hydrogens is 721 g/mol. The van der Waals surface area contributed by atoms with Gasteiger partial charge in [0.25, 0.3) is 0 Å². The second kappa shape index (κ2) is 46.5. The Kier molecular flexibility index (Phi) is 45.2. The maximum absolute atomic E-state index is 12.7. The third-order valence-electron chi connectivity index (χ3n) is 11.8. The summed E-state index contributed by atoms with van der Waals surface area (Å²) in [5, 5.41) is 0. The average molecular weight is 821 g/mol. The third kappa shape index (κ3) is 45.5. The minimum absolute atomic E-state index is 0.0633. The number of carbonyl (C=O) groups excluding carboxylic acids is 3. The smallest absolute Gasteiger partial charge is 0.306 e. The minimum atomic E-state index is -0.760. The molecule has 0 spiro atoms. The van der Waals surface area contributed by atoms with Crippen molar-refractivity contribution in [1.82, 2.24) is 0 Å². The van der Waals surface area contributed by atoms with Crippen LogP contribution in [0.15, 0.2) is 0 Å². The van der Waals surface area contributed by atoms with Crippen molar-refractivity contribution in [1.29, 1.82) is 0 Å². The lowest BCUT2D eigenvalue weighted by Gasteiger charge is -2.18. The molecule has 0 saturated carbocycles. The summed E-state index contributed by atoms with van der Waals surface area (Å²) < 4.78 is 16.8. The highest BCUT2D eigenvalue weighted by atomic mass is 16.6. The summed E-state index contributed by atoms with van der Waals surface area (Å²) in [6.45, 7) is 8.98. The number of unbranched alkanes of at least 4 members (excludes halogenated alkanes) is 34. The molecule has 0 aliphatic carbocycles. The van der Waals surface area contributed by atoms with Gasteiger partial charge in [-0.25, -0.2) is 0 Å². The average Bonchev–Trinajstić information content (AvgIpc) is 3.21. The Bertz CT molecular complexity index is 872. The van der Waals surface area contributed by atoms with Gasteiger partial charge in [0.2, 0.25) is 0 Å². The van der Waals surface area contributed by atoms with Crippen molar-refractivity contribution in [3.8, 4) is 0 Å². The molecule has 0 aliphatic heterocycles. The standard InChI is InChI=1S/C52H100O6/c1-5-7-9-11-13-15-17-18-19-20-21-22-23-24-25-27-31-35-39-43-50(53)56-46-49(58-52(55)45-41-37-33-26-16-14-12-10-8-6-2)47-57-51(54)44-40-36-32-29-28-30-34-38-42-48(3)4/h48-49H,5-47H2,1-4H3/t49-/m1/s1. The lowest BCUT2D eigenvalue weighted by atomic mass is 10.0. The highest BCUT2D eigenvalue weighted by Crippen LogP contribution is 2.17. The molecule has 0 aromatic carbocycles. The summed E-state index contributed by atoms with van der Waals surface area (Å²) in [6.07, 6.45) is 48.1. The van der Waals surface area contributed by atoms with E-state index < -0.39 is 6.10 Å². The molecule has 0 heterocycles. The van der Waals surface area contributed by atoms with E-state index in [-0.39, 0.29) is 31.1 Å². The first kappa shape index (κ1) is 56.4. The highest BCUT2D eigenvalue weighted by Gasteiger charge is 2.19. The molecule has 0 aromatic heterocycles. The van der Waals surface area contributed by atoms with E-state index >= 15 is 0 Å². The molecule has 58 heavy (non-hydrogen) atoms. The number of hydrogen-bond acceptors (Lipinski definition) is 6. The van der Waals surface area contributed by atoms with E-state index in [1.807, 2.05) is 0 Å².